The van der Waals surface area contributed by atoms with Crippen molar-refractivity contribution in [2.24, 2.45) is 12.5 Å². The molecule has 2 atom stereocenters. The van der Waals surface area contributed by atoms with Gasteiger partial charge in [-0.2, -0.15) is 5.10 Å². The number of likely N-dealkylation sites (N-methyl/N-ethyl adjacent to an activating group) is 1. The van der Waals surface area contributed by atoms with Crippen molar-refractivity contribution in [3.63, 3.8) is 0 Å². The Labute approximate surface area is 178 Å². The largest absolute Gasteiger partial charge is 0.476 e. The molecule has 3 heterocycles. The van der Waals surface area contributed by atoms with E-state index in [1.54, 1.807) is 6.20 Å². The van der Waals surface area contributed by atoms with Gasteiger partial charge in [-0.1, -0.05) is 6.07 Å². The molecule has 1 aliphatic heterocycles. The van der Waals surface area contributed by atoms with Crippen molar-refractivity contribution in [2.75, 3.05) is 26.7 Å². The molecule has 0 spiro atoms. The smallest absolute Gasteiger partial charge is 0.229 e. The van der Waals surface area contributed by atoms with E-state index in [1.807, 2.05) is 38.6 Å². The van der Waals surface area contributed by atoms with Crippen LogP contribution in [0.15, 0.2) is 24.5 Å². The molecule has 0 bridgehead atoms. The molecule has 2 aromatic rings. The zero-order valence-corrected chi connectivity index (χ0v) is 18.7. The van der Waals surface area contributed by atoms with E-state index in [0.29, 0.717) is 18.4 Å². The Morgan fingerprint density at radius 3 is 2.70 bits per heavy atom. The van der Waals surface area contributed by atoms with Gasteiger partial charge < -0.3 is 15.0 Å². The van der Waals surface area contributed by atoms with Gasteiger partial charge in [0.15, 0.2) is 0 Å². The summed E-state index contributed by atoms with van der Waals surface area (Å²) in [5, 5.41) is 7.79. The highest BCUT2D eigenvalue weighted by molar-refractivity contribution is 5.82. The minimum absolute atomic E-state index is 0.0123. The standard InChI is InChI=1S/C23H33N5O2/c1-15-18(12-28(5)26-15)19-11-27(4)13-20(19)25-22(29)23(2,3)14-30-21-17(16-8-9-16)7-6-10-24-21/h6-7,10,12,16,19-20H,8-9,11,13-14H2,1-5H3,(H,25,29). The van der Waals surface area contributed by atoms with Crippen molar-refractivity contribution in [1.29, 1.82) is 0 Å². The summed E-state index contributed by atoms with van der Waals surface area (Å²) in [6.07, 6.45) is 6.21. The molecule has 1 saturated heterocycles. The zero-order chi connectivity index (χ0) is 21.5. The van der Waals surface area contributed by atoms with Gasteiger partial charge in [0.05, 0.1) is 11.1 Å². The lowest BCUT2D eigenvalue weighted by Gasteiger charge is -2.28. The molecule has 1 saturated carbocycles. The maximum atomic E-state index is 13.2. The van der Waals surface area contributed by atoms with Crippen LogP contribution in [0.4, 0.5) is 0 Å². The second-order valence-corrected chi connectivity index (χ2v) is 9.60. The summed E-state index contributed by atoms with van der Waals surface area (Å²) in [6, 6.07) is 4.10. The molecule has 2 fully saturated rings. The molecule has 7 nitrogen and oxygen atoms in total. The molecular weight excluding hydrogens is 378 g/mol. The van der Waals surface area contributed by atoms with Crippen LogP contribution in [-0.4, -0.2) is 58.4 Å². The average molecular weight is 412 g/mol. The molecule has 1 amide bonds. The quantitative estimate of drug-likeness (QED) is 0.758. The molecule has 2 aromatic heterocycles. The lowest BCUT2D eigenvalue weighted by Crippen LogP contribution is -2.48. The van der Waals surface area contributed by atoms with E-state index in [2.05, 4.69) is 39.6 Å². The Kier molecular flexibility index (Phi) is 5.57. The Morgan fingerprint density at radius 2 is 2.03 bits per heavy atom. The summed E-state index contributed by atoms with van der Waals surface area (Å²) in [5.41, 5.74) is 2.75. The van der Waals surface area contributed by atoms with Crippen LogP contribution in [0.3, 0.4) is 0 Å². The first kappa shape index (κ1) is 20.8. The third-order valence-electron chi connectivity index (χ3n) is 6.27. The molecule has 0 aromatic carbocycles. The number of nitrogens with one attached hydrogen (secondary N) is 1. The van der Waals surface area contributed by atoms with Crippen LogP contribution in [0.2, 0.25) is 0 Å². The fourth-order valence-electron chi connectivity index (χ4n) is 4.35. The van der Waals surface area contributed by atoms with Crippen LogP contribution in [0, 0.1) is 12.3 Å². The molecule has 30 heavy (non-hydrogen) atoms. The third-order valence-corrected chi connectivity index (χ3v) is 6.27. The van der Waals surface area contributed by atoms with E-state index < -0.39 is 5.41 Å². The van der Waals surface area contributed by atoms with Crippen molar-refractivity contribution < 1.29 is 9.53 Å². The van der Waals surface area contributed by atoms with Crippen molar-refractivity contribution in [2.45, 2.75) is 51.5 Å². The molecule has 1 N–H and O–H groups in total. The first-order valence-corrected chi connectivity index (χ1v) is 10.8. The van der Waals surface area contributed by atoms with Gasteiger partial charge in [-0.3, -0.25) is 9.48 Å². The van der Waals surface area contributed by atoms with E-state index in [-0.39, 0.29) is 17.9 Å². The first-order valence-electron chi connectivity index (χ1n) is 10.8. The number of likely N-dealkylation sites (tertiary alicyclic amines) is 1. The summed E-state index contributed by atoms with van der Waals surface area (Å²) in [7, 11) is 4.04. The zero-order valence-electron chi connectivity index (χ0n) is 18.7. The van der Waals surface area contributed by atoms with Gasteiger partial charge in [-0.05, 0) is 58.2 Å². The number of aryl methyl sites for hydroxylation is 2. The van der Waals surface area contributed by atoms with E-state index in [0.717, 1.165) is 18.8 Å². The highest BCUT2D eigenvalue weighted by Crippen LogP contribution is 2.43. The number of carbonyl (C=O) groups excluding carboxylic acids is 1. The van der Waals surface area contributed by atoms with Crippen LogP contribution in [0.5, 0.6) is 5.88 Å². The minimum Gasteiger partial charge on any atom is -0.476 e. The monoisotopic (exact) mass is 411 g/mol. The maximum absolute atomic E-state index is 13.2. The van der Waals surface area contributed by atoms with Crippen LogP contribution in [0.1, 0.15) is 55.3 Å². The van der Waals surface area contributed by atoms with Gasteiger partial charge in [0.2, 0.25) is 11.8 Å². The number of ether oxygens (including phenoxy) is 1. The predicted molar refractivity (Wildman–Crippen MR) is 116 cm³/mol. The SMILES string of the molecule is Cc1nn(C)cc1C1CN(C)CC1NC(=O)C(C)(C)COc1ncccc1C1CC1. The molecule has 1 aliphatic carbocycles. The lowest BCUT2D eigenvalue weighted by molar-refractivity contribution is -0.131. The van der Waals surface area contributed by atoms with E-state index >= 15 is 0 Å². The van der Waals surface area contributed by atoms with Gasteiger partial charge in [-0.15, -0.1) is 0 Å². The molecule has 2 unspecified atom stereocenters. The van der Waals surface area contributed by atoms with Gasteiger partial charge in [0, 0.05) is 50.1 Å². The van der Waals surface area contributed by atoms with Crippen LogP contribution in [0.25, 0.3) is 0 Å². The fraction of sp³-hybridized carbons (Fsp3) is 0.609. The highest BCUT2D eigenvalue weighted by atomic mass is 16.5. The Morgan fingerprint density at radius 1 is 1.27 bits per heavy atom. The number of hydrogen-bond acceptors (Lipinski definition) is 5. The van der Waals surface area contributed by atoms with Crippen LogP contribution >= 0.6 is 0 Å². The highest BCUT2D eigenvalue weighted by Gasteiger charge is 2.38. The summed E-state index contributed by atoms with van der Waals surface area (Å²) in [5.74, 6) is 1.48. The molecule has 7 heteroatoms. The fourth-order valence-corrected chi connectivity index (χ4v) is 4.35. The number of hydrogen-bond donors (Lipinski definition) is 1. The maximum Gasteiger partial charge on any atom is 0.229 e. The Hall–Kier alpha value is -2.41. The van der Waals surface area contributed by atoms with Crippen molar-refractivity contribution in [1.82, 2.24) is 25.0 Å². The molecule has 162 valence electrons. The van der Waals surface area contributed by atoms with Crippen LogP contribution < -0.4 is 10.1 Å². The number of aromatic nitrogens is 3. The third kappa shape index (κ3) is 4.36. The molecule has 0 radical (unpaired) electrons. The number of nitrogens with zero attached hydrogens (tertiary/aromatic N) is 4. The topological polar surface area (TPSA) is 72.3 Å². The summed E-state index contributed by atoms with van der Waals surface area (Å²) in [6.45, 7) is 7.94. The molecule has 2 aliphatic rings. The second kappa shape index (κ2) is 8.02. The predicted octanol–water partition coefficient (Wildman–Crippen LogP) is 2.62. The summed E-state index contributed by atoms with van der Waals surface area (Å²) < 4.78 is 7.90. The van der Waals surface area contributed by atoms with Crippen LogP contribution in [-0.2, 0) is 11.8 Å². The second-order valence-electron chi connectivity index (χ2n) is 9.60. The number of amides is 1. The Bertz CT molecular complexity index is 918. The molecule has 4 rings (SSSR count). The average Bonchev–Trinajstić information content (AvgIpc) is 3.40. The molecular formula is C23H33N5O2. The number of pyridine rings is 1. The number of rotatable bonds is 7. The summed E-state index contributed by atoms with van der Waals surface area (Å²) in [4.78, 5) is 19.9. The van der Waals surface area contributed by atoms with Crippen molar-refractivity contribution in [3.05, 3.63) is 41.3 Å². The van der Waals surface area contributed by atoms with Crippen molar-refractivity contribution >= 4 is 5.91 Å². The summed E-state index contributed by atoms with van der Waals surface area (Å²) >= 11 is 0. The minimum atomic E-state index is -0.659. The van der Waals surface area contributed by atoms with Gasteiger partial charge in [0.25, 0.3) is 0 Å². The normalized spacial score (nSPS) is 22.3. The van der Waals surface area contributed by atoms with E-state index in [1.165, 1.54) is 24.0 Å². The Balaban J connectivity index is 1.42. The van der Waals surface area contributed by atoms with Gasteiger partial charge >= 0.3 is 0 Å². The van der Waals surface area contributed by atoms with Gasteiger partial charge in [0.1, 0.15) is 6.61 Å². The number of carbonyl (C=O) groups is 1. The lowest BCUT2D eigenvalue weighted by atomic mass is 9.90. The van der Waals surface area contributed by atoms with E-state index in [4.69, 9.17) is 4.74 Å². The van der Waals surface area contributed by atoms with Crippen molar-refractivity contribution in [3.8, 4) is 5.88 Å². The van der Waals surface area contributed by atoms with Gasteiger partial charge in [-0.25, -0.2) is 4.98 Å². The first-order chi connectivity index (χ1) is 14.2. The van der Waals surface area contributed by atoms with E-state index in [9.17, 15) is 4.79 Å².